The molecule has 1 atom stereocenters. The molecule has 1 aromatic rings. The van der Waals surface area contributed by atoms with Crippen LogP contribution in [0.2, 0.25) is 0 Å². The number of aryl methyl sites for hydroxylation is 1. The summed E-state index contributed by atoms with van der Waals surface area (Å²) in [6.07, 6.45) is 2.89. The van der Waals surface area contributed by atoms with E-state index < -0.39 is 0 Å². The molecule has 1 aromatic heterocycles. The van der Waals surface area contributed by atoms with Gasteiger partial charge in [-0.25, -0.2) is 0 Å². The second kappa shape index (κ2) is 6.83. The smallest absolute Gasteiger partial charge is 0.261 e. The van der Waals surface area contributed by atoms with Crippen molar-refractivity contribution < 1.29 is 4.79 Å². The Morgan fingerprint density at radius 3 is 3.17 bits per heavy atom. The van der Waals surface area contributed by atoms with Crippen molar-refractivity contribution in [2.45, 2.75) is 37.3 Å². The van der Waals surface area contributed by atoms with Gasteiger partial charge in [-0.2, -0.15) is 11.8 Å². The molecular weight excluding hydrogens is 286 g/mol. The van der Waals surface area contributed by atoms with Gasteiger partial charge in [0, 0.05) is 22.6 Å². The lowest BCUT2D eigenvalue weighted by molar-refractivity contribution is 0.0957. The van der Waals surface area contributed by atoms with E-state index in [0.717, 1.165) is 29.9 Å². The van der Waals surface area contributed by atoms with Gasteiger partial charge in [-0.1, -0.05) is 6.92 Å². The highest BCUT2D eigenvalue weighted by Gasteiger charge is 2.17. The molecule has 2 nitrogen and oxygen atoms in total. The minimum Gasteiger partial charge on any atom is -0.351 e. The zero-order chi connectivity index (χ0) is 13.0. The Labute approximate surface area is 121 Å². The molecule has 0 aliphatic carbocycles. The van der Waals surface area contributed by atoms with E-state index in [2.05, 4.69) is 18.3 Å². The average Bonchev–Trinajstić information content (AvgIpc) is 2.82. The Morgan fingerprint density at radius 2 is 2.44 bits per heavy atom. The quantitative estimate of drug-likeness (QED) is 0.841. The molecule has 1 aliphatic rings. The second-order valence-corrected chi connectivity index (χ2v) is 7.27. The monoisotopic (exact) mass is 303 g/mol. The van der Waals surface area contributed by atoms with Crippen LogP contribution < -0.4 is 5.32 Å². The summed E-state index contributed by atoms with van der Waals surface area (Å²) in [4.78, 5) is 14.2. The van der Waals surface area contributed by atoms with Crippen molar-refractivity contribution >= 4 is 40.6 Å². The highest BCUT2D eigenvalue weighted by atomic mass is 35.5. The predicted molar refractivity (Wildman–Crippen MR) is 81.1 cm³/mol. The number of halogens is 1. The number of carbonyl (C=O) groups excluding carboxylic acids is 1. The van der Waals surface area contributed by atoms with Crippen molar-refractivity contribution in [3.63, 3.8) is 0 Å². The maximum absolute atomic E-state index is 12.0. The molecule has 0 spiro atoms. The third-order valence-corrected chi connectivity index (χ3v) is 5.81. The molecule has 1 unspecified atom stereocenters. The lowest BCUT2D eigenvalue weighted by Crippen LogP contribution is -2.25. The Morgan fingerprint density at radius 1 is 1.61 bits per heavy atom. The molecule has 1 N–H and O–H groups in total. The second-order valence-electron chi connectivity index (χ2n) is 4.41. The fourth-order valence-electron chi connectivity index (χ4n) is 1.89. The van der Waals surface area contributed by atoms with Gasteiger partial charge in [0.25, 0.3) is 5.91 Å². The third kappa shape index (κ3) is 3.65. The van der Waals surface area contributed by atoms with Crippen molar-refractivity contribution in [1.82, 2.24) is 5.32 Å². The van der Waals surface area contributed by atoms with Crippen molar-refractivity contribution in [2.24, 2.45) is 0 Å². The van der Waals surface area contributed by atoms with Crippen LogP contribution in [0.1, 0.15) is 39.9 Å². The van der Waals surface area contributed by atoms with Gasteiger partial charge in [0.05, 0.1) is 4.88 Å². The molecule has 1 amide bonds. The van der Waals surface area contributed by atoms with Gasteiger partial charge >= 0.3 is 0 Å². The van der Waals surface area contributed by atoms with Crippen molar-refractivity contribution in [1.29, 1.82) is 0 Å². The molecule has 0 fully saturated rings. The van der Waals surface area contributed by atoms with E-state index >= 15 is 0 Å². The summed E-state index contributed by atoms with van der Waals surface area (Å²) in [5.74, 6) is 2.29. The Hall–Kier alpha value is -0.190. The van der Waals surface area contributed by atoms with Gasteiger partial charge in [0.15, 0.2) is 0 Å². The van der Waals surface area contributed by atoms with Gasteiger partial charge in [0.1, 0.15) is 0 Å². The summed E-state index contributed by atoms with van der Waals surface area (Å²) in [6, 6.07) is 2.06. The molecule has 0 bridgehead atoms. The van der Waals surface area contributed by atoms with Crippen LogP contribution >= 0.6 is 34.7 Å². The molecule has 0 radical (unpaired) electrons. The number of amides is 1. The topological polar surface area (TPSA) is 29.1 Å². The van der Waals surface area contributed by atoms with Crippen LogP contribution in [0.3, 0.4) is 0 Å². The summed E-state index contributed by atoms with van der Waals surface area (Å²) in [6.45, 7) is 2.72. The number of thiophene rings is 1. The van der Waals surface area contributed by atoms with Crippen LogP contribution in [-0.2, 0) is 12.2 Å². The molecule has 1 aliphatic heterocycles. The molecule has 18 heavy (non-hydrogen) atoms. The first-order valence-corrected chi connectivity index (χ1v) is 8.73. The maximum atomic E-state index is 12.0. The minimum absolute atomic E-state index is 0.0550. The van der Waals surface area contributed by atoms with E-state index in [9.17, 15) is 4.79 Å². The first-order valence-electron chi connectivity index (χ1n) is 6.32. The fourth-order valence-corrected chi connectivity index (χ4v) is 4.29. The highest BCUT2D eigenvalue weighted by Crippen LogP contribution is 2.31. The third-order valence-electron chi connectivity index (χ3n) is 3.04. The average molecular weight is 304 g/mol. The first kappa shape index (κ1) is 14.2. The number of fused-ring (bicyclic) bond motifs is 1. The maximum Gasteiger partial charge on any atom is 0.261 e. The number of nitrogens with one attached hydrogen (secondary N) is 1. The van der Waals surface area contributed by atoms with E-state index in [1.165, 1.54) is 16.2 Å². The van der Waals surface area contributed by atoms with Gasteiger partial charge in [-0.05, 0) is 36.6 Å². The Balaban J connectivity index is 1.87. The van der Waals surface area contributed by atoms with Crippen molar-refractivity contribution in [2.75, 3.05) is 12.3 Å². The number of hydrogen-bond donors (Lipinski definition) is 1. The van der Waals surface area contributed by atoms with Gasteiger partial charge < -0.3 is 5.32 Å². The molecule has 5 heteroatoms. The minimum atomic E-state index is 0.0550. The molecule has 2 rings (SSSR count). The zero-order valence-electron chi connectivity index (χ0n) is 10.5. The molecule has 0 saturated heterocycles. The van der Waals surface area contributed by atoms with Crippen molar-refractivity contribution in [3.8, 4) is 0 Å². The fraction of sp³-hybridized carbons (Fsp3) is 0.615. The molecular formula is C13H18ClNOS2. The highest BCUT2D eigenvalue weighted by molar-refractivity contribution is 7.98. The first-order chi connectivity index (χ1) is 8.70. The zero-order valence-corrected chi connectivity index (χ0v) is 12.9. The molecule has 0 saturated carbocycles. The van der Waals surface area contributed by atoms with E-state index in [1.807, 2.05) is 11.8 Å². The van der Waals surface area contributed by atoms with Crippen LogP contribution in [0.5, 0.6) is 0 Å². The lowest BCUT2D eigenvalue weighted by Gasteiger charge is -2.08. The molecule has 2 heterocycles. The van der Waals surface area contributed by atoms with Crippen molar-refractivity contribution in [3.05, 3.63) is 21.4 Å². The SMILES string of the molecule is CCC(Cl)CCNC(=O)c1cc2c(s1)CCSC2. The number of carbonyl (C=O) groups is 1. The number of alkyl halides is 1. The van der Waals surface area contributed by atoms with Crippen LogP contribution in [0.4, 0.5) is 0 Å². The summed E-state index contributed by atoms with van der Waals surface area (Å²) in [5, 5.41) is 3.12. The number of hydrogen-bond acceptors (Lipinski definition) is 3. The Bertz CT molecular complexity index is 396. The van der Waals surface area contributed by atoms with E-state index in [0.29, 0.717) is 6.54 Å². The van der Waals surface area contributed by atoms with Crippen LogP contribution in [-0.4, -0.2) is 23.6 Å². The number of rotatable bonds is 5. The molecule has 100 valence electrons. The van der Waals surface area contributed by atoms with Crippen LogP contribution in [0, 0.1) is 0 Å². The summed E-state index contributed by atoms with van der Waals surface area (Å²) in [7, 11) is 0. The van der Waals surface area contributed by atoms with E-state index in [-0.39, 0.29) is 11.3 Å². The van der Waals surface area contributed by atoms with E-state index in [4.69, 9.17) is 11.6 Å². The van der Waals surface area contributed by atoms with Gasteiger partial charge in [-0.3, -0.25) is 4.79 Å². The largest absolute Gasteiger partial charge is 0.351 e. The van der Waals surface area contributed by atoms with Crippen LogP contribution in [0.15, 0.2) is 6.07 Å². The summed E-state index contributed by atoms with van der Waals surface area (Å²) in [5.41, 5.74) is 1.35. The lowest BCUT2D eigenvalue weighted by atomic mass is 10.2. The predicted octanol–water partition coefficient (Wildman–Crippen LogP) is 3.67. The Kier molecular flexibility index (Phi) is 5.39. The summed E-state index contributed by atoms with van der Waals surface area (Å²) >= 11 is 9.62. The van der Waals surface area contributed by atoms with E-state index in [1.54, 1.807) is 11.3 Å². The number of thioether (sulfide) groups is 1. The van der Waals surface area contributed by atoms with Crippen LogP contribution in [0.25, 0.3) is 0 Å². The van der Waals surface area contributed by atoms with Gasteiger partial charge in [-0.15, -0.1) is 22.9 Å². The normalized spacial score (nSPS) is 16.1. The summed E-state index contributed by atoms with van der Waals surface area (Å²) < 4.78 is 0. The van der Waals surface area contributed by atoms with Gasteiger partial charge in [0.2, 0.25) is 0 Å². The molecule has 0 aromatic carbocycles. The standard InChI is InChI=1S/C13H18ClNOS2/c1-2-10(14)3-5-15-13(16)12-7-9-8-17-6-4-11(9)18-12/h7,10H,2-6,8H2,1H3,(H,15,16).